The summed E-state index contributed by atoms with van der Waals surface area (Å²) >= 11 is 0. The fraction of sp³-hybridized carbons (Fsp3) is 0.333. The van der Waals surface area contributed by atoms with E-state index in [9.17, 15) is 4.79 Å². The predicted molar refractivity (Wildman–Crippen MR) is 23.7 cm³/mol. The molecule has 0 bridgehead atoms. The first-order valence-electron chi connectivity index (χ1n) is 1.92. The molecule has 1 aliphatic rings. The van der Waals surface area contributed by atoms with Crippen LogP contribution in [0.25, 0.3) is 0 Å². The van der Waals surface area contributed by atoms with Crippen LogP contribution in [-0.2, 0) is 0 Å². The molecule has 4 heteroatoms. The molecule has 0 atom stereocenters. The highest BCUT2D eigenvalue weighted by molar-refractivity contribution is 5.75. The molecule has 0 aliphatic carbocycles. The third-order valence-corrected chi connectivity index (χ3v) is 0.667. The zero-order valence-electron chi connectivity index (χ0n) is 3.93. The minimum atomic E-state index is -0.178. The van der Waals surface area contributed by atoms with Crippen LogP contribution in [0.3, 0.4) is 0 Å². The summed E-state index contributed by atoms with van der Waals surface area (Å²) in [6.07, 6.45) is 0. The molecule has 4 nitrogen and oxygen atoms in total. The molecule has 2 amide bonds. The quantitative estimate of drug-likeness (QED) is 0.421. The fourth-order valence-electron chi connectivity index (χ4n) is 0.380. The van der Waals surface area contributed by atoms with Crippen molar-refractivity contribution in [2.75, 3.05) is 7.05 Å². The van der Waals surface area contributed by atoms with Gasteiger partial charge in [0.2, 0.25) is 0 Å². The van der Waals surface area contributed by atoms with Crippen molar-refractivity contribution < 1.29 is 4.79 Å². The first-order valence-corrected chi connectivity index (χ1v) is 1.92. The lowest BCUT2D eigenvalue weighted by Crippen LogP contribution is -2.27. The SMILES string of the molecule is CN1[CH]NC(=O)N1. The van der Waals surface area contributed by atoms with Crippen LogP contribution in [0, 0.1) is 6.67 Å². The Labute approximate surface area is 41.5 Å². The van der Waals surface area contributed by atoms with Crippen molar-refractivity contribution in [3.05, 3.63) is 6.67 Å². The highest BCUT2D eigenvalue weighted by Gasteiger charge is 2.11. The van der Waals surface area contributed by atoms with E-state index in [1.165, 1.54) is 0 Å². The highest BCUT2D eigenvalue weighted by Crippen LogP contribution is 1.84. The summed E-state index contributed by atoms with van der Waals surface area (Å²) in [5.41, 5.74) is 2.44. The second-order valence-electron chi connectivity index (χ2n) is 1.33. The highest BCUT2D eigenvalue weighted by atomic mass is 16.2. The number of carbonyl (C=O) groups is 1. The Morgan fingerprint density at radius 2 is 2.57 bits per heavy atom. The van der Waals surface area contributed by atoms with Gasteiger partial charge in [-0.25, -0.2) is 4.79 Å². The molecule has 0 saturated carbocycles. The van der Waals surface area contributed by atoms with Crippen LogP contribution in [0.2, 0.25) is 0 Å². The van der Waals surface area contributed by atoms with E-state index in [1.54, 1.807) is 18.7 Å². The number of carbonyl (C=O) groups excluding carboxylic acids is 1. The topological polar surface area (TPSA) is 44.4 Å². The Bertz CT molecular complexity index is 92.2. The molecule has 1 fully saturated rings. The first-order chi connectivity index (χ1) is 3.29. The molecule has 0 aromatic heterocycles. The van der Waals surface area contributed by atoms with Gasteiger partial charge in [0.15, 0.2) is 0 Å². The average molecular weight is 100 g/mol. The standard InChI is InChI=1S/C3H6N3O/c1-6-2-4-3(7)5-6/h2H,1H3,(H2,4,5,7). The number of hydrogen-bond acceptors (Lipinski definition) is 2. The van der Waals surface area contributed by atoms with Gasteiger partial charge in [0.05, 0.1) is 0 Å². The summed E-state index contributed by atoms with van der Waals surface area (Å²) in [4.78, 5) is 10.2. The van der Waals surface area contributed by atoms with E-state index in [0.29, 0.717) is 0 Å². The van der Waals surface area contributed by atoms with Crippen LogP contribution in [0.1, 0.15) is 0 Å². The Hall–Kier alpha value is -0.770. The van der Waals surface area contributed by atoms with Gasteiger partial charge < -0.3 is 5.32 Å². The van der Waals surface area contributed by atoms with E-state index in [1.807, 2.05) is 0 Å². The van der Waals surface area contributed by atoms with E-state index >= 15 is 0 Å². The second kappa shape index (κ2) is 1.38. The van der Waals surface area contributed by atoms with E-state index < -0.39 is 0 Å². The van der Waals surface area contributed by atoms with Crippen molar-refractivity contribution in [1.82, 2.24) is 15.8 Å². The largest absolute Gasteiger partial charge is 0.330 e. The number of hydrazine groups is 1. The van der Waals surface area contributed by atoms with Gasteiger partial charge in [-0.15, -0.1) is 0 Å². The fourth-order valence-corrected chi connectivity index (χ4v) is 0.380. The first kappa shape index (κ1) is 4.39. The molecule has 1 heterocycles. The molecule has 1 rings (SSSR count). The lowest BCUT2D eigenvalue weighted by atomic mass is 11.0. The zero-order chi connectivity index (χ0) is 5.28. The molecule has 1 radical (unpaired) electrons. The summed E-state index contributed by atoms with van der Waals surface area (Å²) < 4.78 is 0. The van der Waals surface area contributed by atoms with Gasteiger partial charge in [-0.3, -0.25) is 5.43 Å². The van der Waals surface area contributed by atoms with E-state index in [2.05, 4.69) is 10.7 Å². The molecule has 2 N–H and O–H groups in total. The lowest BCUT2D eigenvalue weighted by Gasteiger charge is -1.99. The smallest absolute Gasteiger partial charge is 0.317 e. The maximum Gasteiger partial charge on any atom is 0.330 e. The molecule has 7 heavy (non-hydrogen) atoms. The number of amides is 2. The minimum Gasteiger partial charge on any atom is -0.317 e. The Morgan fingerprint density at radius 3 is 2.71 bits per heavy atom. The summed E-state index contributed by atoms with van der Waals surface area (Å²) in [6.45, 7) is 1.54. The third-order valence-electron chi connectivity index (χ3n) is 0.667. The molecule has 0 unspecified atom stereocenters. The normalized spacial score (nSPS) is 21.6. The molecular formula is C3H6N3O. The molecule has 1 saturated heterocycles. The minimum absolute atomic E-state index is 0.178. The lowest BCUT2D eigenvalue weighted by molar-refractivity contribution is 0.238. The van der Waals surface area contributed by atoms with E-state index in [-0.39, 0.29) is 6.03 Å². The van der Waals surface area contributed by atoms with Gasteiger partial charge in [-0.2, -0.15) is 5.01 Å². The van der Waals surface area contributed by atoms with E-state index in [0.717, 1.165) is 0 Å². The van der Waals surface area contributed by atoms with Crippen LogP contribution < -0.4 is 10.7 Å². The average Bonchev–Trinajstić information content (AvgIpc) is 1.87. The van der Waals surface area contributed by atoms with Gasteiger partial charge in [-0.05, 0) is 0 Å². The number of hydrogen-bond donors (Lipinski definition) is 2. The maximum absolute atomic E-state index is 10.2. The second-order valence-corrected chi connectivity index (χ2v) is 1.33. The van der Waals surface area contributed by atoms with Crippen LogP contribution in [0.5, 0.6) is 0 Å². The molecule has 0 aromatic rings. The number of nitrogens with zero attached hydrogens (tertiary/aromatic N) is 1. The number of rotatable bonds is 0. The zero-order valence-corrected chi connectivity index (χ0v) is 3.93. The van der Waals surface area contributed by atoms with Gasteiger partial charge >= 0.3 is 6.03 Å². The van der Waals surface area contributed by atoms with Gasteiger partial charge in [0, 0.05) is 7.05 Å². The number of urea groups is 1. The van der Waals surface area contributed by atoms with E-state index in [4.69, 9.17) is 0 Å². The molecular weight excluding hydrogens is 94.1 g/mol. The van der Waals surface area contributed by atoms with Crippen LogP contribution in [-0.4, -0.2) is 18.1 Å². The van der Waals surface area contributed by atoms with Gasteiger partial charge in [0.1, 0.15) is 6.67 Å². The van der Waals surface area contributed by atoms with Crippen molar-refractivity contribution >= 4 is 6.03 Å². The summed E-state index contributed by atoms with van der Waals surface area (Å²) in [5.74, 6) is 0. The van der Waals surface area contributed by atoms with Crippen molar-refractivity contribution in [3.63, 3.8) is 0 Å². The van der Waals surface area contributed by atoms with Crippen LogP contribution >= 0.6 is 0 Å². The van der Waals surface area contributed by atoms with Gasteiger partial charge in [-0.1, -0.05) is 0 Å². The Morgan fingerprint density at radius 1 is 1.86 bits per heavy atom. The molecule has 0 aromatic carbocycles. The van der Waals surface area contributed by atoms with Crippen LogP contribution in [0.4, 0.5) is 4.79 Å². The monoisotopic (exact) mass is 100 g/mol. The predicted octanol–water partition coefficient (Wildman–Crippen LogP) is -0.735. The Balaban J connectivity index is 2.40. The molecule has 1 aliphatic heterocycles. The summed E-state index contributed by atoms with van der Waals surface area (Å²) in [7, 11) is 1.73. The summed E-state index contributed by atoms with van der Waals surface area (Å²) in [5, 5.41) is 3.96. The van der Waals surface area contributed by atoms with Crippen molar-refractivity contribution in [2.45, 2.75) is 0 Å². The van der Waals surface area contributed by atoms with Crippen molar-refractivity contribution in [2.24, 2.45) is 0 Å². The Kier molecular flexibility index (Phi) is 0.867. The maximum atomic E-state index is 10.2. The third kappa shape index (κ3) is 0.806. The van der Waals surface area contributed by atoms with Gasteiger partial charge in [0.25, 0.3) is 0 Å². The van der Waals surface area contributed by atoms with Crippen molar-refractivity contribution in [3.8, 4) is 0 Å². The molecule has 39 valence electrons. The summed E-state index contributed by atoms with van der Waals surface area (Å²) in [6, 6.07) is -0.178. The van der Waals surface area contributed by atoms with Crippen molar-refractivity contribution in [1.29, 1.82) is 0 Å². The van der Waals surface area contributed by atoms with Crippen LogP contribution in [0.15, 0.2) is 0 Å². The molecule has 0 spiro atoms. The number of nitrogens with one attached hydrogen (secondary N) is 2.